The van der Waals surface area contributed by atoms with Gasteiger partial charge in [-0.2, -0.15) is 10.4 Å². The van der Waals surface area contributed by atoms with Crippen LogP contribution in [0.3, 0.4) is 0 Å². The predicted octanol–water partition coefficient (Wildman–Crippen LogP) is 2.82. The second kappa shape index (κ2) is 6.88. The highest BCUT2D eigenvalue weighted by Gasteiger charge is 2.36. The number of benzene rings is 1. The van der Waals surface area contributed by atoms with E-state index in [1.54, 1.807) is 17.2 Å². The van der Waals surface area contributed by atoms with Crippen molar-refractivity contribution >= 4 is 17.4 Å². The van der Waals surface area contributed by atoms with Crippen molar-refractivity contribution in [2.45, 2.75) is 18.6 Å². The molecule has 1 fully saturated rings. The number of aromatic nitrogens is 3. The Morgan fingerprint density at radius 1 is 1.39 bits per heavy atom. The Morgan fingerprint density at radius 3 is 2.96 bits per heavy atom. The first-order chi connectivity index (χ1) is 13.5. The monoisotopic (exact) mass is 383 g/mol. The number of nitrogens with zero attached hydrogens (tertiary/aromatic N) is 5. The summed E-state index contributed by atoms with van der Waals surface area (Å²) in [6, 6.07) is 6.77. The molecule has 3 aromatic rings. The molecule has 0 spiro atoms. The normalized spacial score (nSPS) is 19.0. The van der Waals surface area contributed by atoms with Gasteiger partial charge in [0.2, 0.25) is 0 Å². The van der Waals surface area contributed by atoms with Gasteiger partial charge in [-0.05, 0) is 29.8 Å². The van der Waals surface area contributed by atoms with Gasteiger partial charge in [0.05, 0.1) is 31.5 Å². The van der Waals surface area contributed by atoms with Crippen LogP contribution in [0.5, 0.6) is 0 Å². The highest BCUT2D eigenvalue weighted by atomic mass is 19.1. The lowest BCUT2D eigenvalue weighted by atomic mass is 9.97. The molecule has 0 radical (unpaired) electrons. The number of esters is 1. The molecule has 4 rings (SSSR count). The topological polar surface area (TPSA) is 83.5 Å². The van der Waals surface area contributed by atoms with Crippen molar-refractivity contribution in [2.24, 2.45) is 0 Å². The van der Waals surface area contributed by atoms with Crippen molar-refractivity contribution in [3.05, 3.63) is 59.2 Å². The predicted molar refractivity (Wildman–Crippen MR) is 95.0 cm³/mol. The molecule has 28 heavy (non-hydrogen) atoms. The van der Waals surface area contributed by atoms with Crippen LogP contribution in [-0.2, 0) is 4.74 Å². The first-order valence-corrected chi connectivity index (χ1v) is 8.54. The van der Waals surface area contributed by atoms with E-state index in [0.29, 0.717) is 17.0 Å². The lowest BCUT2D eigenvalue weighted by Crippen LogP contribution is -2.26. The van der Waals surface area contributed by atoms with Gasteiger partial charge in [-0.15, -0.1) is 0 Å². The fraction of sp³-hybridized carbons (Fsp3) is 0.263. The van der Waals surface area contributed by atoms with Gasteiger partial charge in [0.25, 0.3) is 0 Å². The van der Waals surface area contributed by atoms with E-state index in [9.17, 15) is 18.8 Å². The van der Waals surface area contributed by atoms with Gasteiger partial charge in [-0.3, -0.25) is 0 Å². The molecule has 2 aromatic heterocycles. The zero-order valence-corrected chi connectivity index (χ0v) is 14.8. The molecule has 1 aliphatic rings. The lowest BCUT2D eigenvalue weighted by molar-refractivity contribution is 0.0598. The fourth-order valence-corrected chi connectivity index (χ4v) is 3.54. The summed E-state index contributed by atoms with van der Waals surface area (Å²) in [6.45, 7) is 0.0288. The van der Waals surface area contributed by atoms with Crippen LogP contribution in [0.25, 0.3) is 5.65 Å². The molecule has 2 atom stereocenters. The van der Waals surface area contributed by atoms with Gasteiger partial charge in [0.1, 0.15) is 29.4 Å². The third-order valence-corrected chi connectivity index (χ3v) is 4.80. The minimum Gasteiger partial charge on any atom is -0.465 e. The van der Waals surface area contributed by atoms with Crippen LogP contribution < -0.4 is 4.90 Å². The van der Waals surface area contributed by atoms with Crippen LogP contribution in [0.1, 0.15) is 33.9 Å². The van der Waals surface area contributed by atoms with Crippen molar-refractivity contribution in [3.8, 4) is 6.07 Å². The average Bonchev–Trinajstić information content (AvgIpc) is 3.29. The number of hydrogen-bond donors (Lipinski definition) is 0. The molecule has 142 valence electrons. The molecule has 0 unspecified atom stereocenters. The van der Waals surface area contributed by atoms with Crippen molar-refractivity contribution in [2.75, 3.05) is 18.6 Å². The van der Waals surface area contributed by atoms with Gasteiger partial charge in [0, 0.05) is 12.6 Å². The Bertz CT molecular complexity index is 1110. The zero-order chi connectivity index (χ0) is 19.8. The van der Waals surface area contributed by atoms with Gasteiger partial charge in [0.15, 0.2) is 5.65 Å². The summed E-state index contributed by atoms with van der Waals surface area (Å²) in [5.74, 6) is -0.742. The van der Waals surface area contributed by atoms with E-state index in [4.69, 9.17) is 4.74 Å². The van der Waals surface area contributed by atoms with Crippen molar-refractivity contribution in [1.29, 1.82) is 5.26 Å². The molecule has 9 heteroatoms. The Labute approximate surface area is 158 Å². The number of alkyl halides is 1. The molecular formula is C19H15F2N5O2. The molecule has 0 aliphatic carbocycles. The number of nitriles is 1. The largest absolute Gasteiger partial charge is 0.465 e. The highest BCUT2D eigenvalue weighted by Crippen LogP contribution is 2.38. The molecule has 7 nitrogen and oxygen atoms in total. The molecule has 3 heterocycles. The van der Waals surface area contributed by atoms with Crippen LogP contribution in [0, 0.1) is 17.1 Å². The van der Waals surface area contributed by atoms with E-state index >= 15 is 0 Å². The van der Waals surface area contributed by atoms with Crippen LogP contribution in [0.15, 0.2) is 36.7 Å². The van der Waals surface area contributed by atoms with E-state index in [0.717, 1.165) is 6.07 Å². The Morgan fingerprint density at radius 2 is 2.21 bits per heavy atom. The van der Waals surface area contributed by atoms with E-state index < -0.39 is 24.0 Å². The summed E-state index contributed by atoms with van der Waals surface area (Å²) in [6.07, 6.45) is 1.91. The number of rotatable bonds is 3. The standard InChI is InChI=1S/C19H15F2N5O2/c1-28-19(27)14-3-2-12(20)6-15(14)16-7-13(21)10-25(16)17-4-5-26-18(24-17)11(8-22)9-23-26/h2-6,9,13,16H,7,10H2,1H3/t13-,16+/m0/s1. The Balaban J connectivity index is 1.81. The molecule has 1 aliphatic heterocycles. The molecule has 0 amide bonds. The van der Waals surface area contributed by atoms with Crippen LogP contribution in [0.4, 0.5) is 14.6 Å². The number of fused-ring (bicyclic) bond motifs is 1. The van der Waals surface area contributed by atoms with E-state index in [1.165, 1.54) is 30.0 Å². The first-order valence-electron chi connectivity index (χ1n) is 8.54. The third-order valence-electron chi connectivity index (χ3n) is 4.80. The number of carbonyl (C=O) groups is 1. The minimum atomic E-state index is -1.18. The molecule has 0 saturated carbocycles. The van der Waals surface area contributed by atoms with Crippen molar-refractivity contribution < 1.29 is 18.3 Å². The smallest absolute Gasteiger partial charge is 0.338 e. The lowest BCUT2D eigenvalue weighted by Gasteiger charge is -2.27. The van der Waals surface area contributed by atoms with E-state index in [2.05, 4.69) is 10.1 Å². The third kappa shape index (κ3) is 2.93. The van der Waals surface area contributed by atoms with E-state index in [-0.39, 0.29) is 24.1 Å². The summed E-state index contributed by atoms with van der Waals surface area (Å²) in [4.78, 5) is 18.2. The number of anilines is 1. The maximum absolute atomic E-state index is 14.4. The summed E-state index contributed by atoms with van der Waals surface area (Å²) < 4.78 is 34.5. The molecule has 0 bridgehead atoms. The maximum atomic E-state index is 14.4. The second-order valence-electron chi connectivity index (χ2n) is 6.45. The summed E-state index contributed by atoms with van der Waals surface area (Å²) in [5, 5.41) is 13.2. The first kappa shape index (κ1) is 17.9. The number of methoxy groups -OCH3 is 1. The molecule has 1 aromatic carbocycles. The Hall–Kier alpha value is -3.54. The Kier molecular flexibility index (Phi) is 4.39. The number of ether oxygens (including phenoxy) is 1. The van der Waals surface area contributed by atoms with Crippen LogP contribution in [-0.4, -0.2) is 40.4 Å². The van der Waals surface area contributed by atoms with E-state index in [1.807, 2.05) is 6.07 Å². The minimum absolute atomic E-state index is 0.0288. The second-order valence-corrected chi connectivity index (χ2v) is 6.45. The number of halogens is 2. The van der Waals surface area contributed by atoms with Gasteiger partial charge < -0.3 is 9.64 Å². The summed E-state index contributed by atoms with van der Waals surface area (Å²) in [7, 11) is 1.23. The van der Waals surface area contributed by atoms with Gasteiger partial charge in [-0.1, -0.05) is 0 Å². The number of carbonyl (C=O) groups excluding carboxylic acids is 1. The summed E-state index contributed by atoms with van der Waals surface area (Å²) in [5.41, 5.74) is 1.14. The van der Waals surface area contributed by atoms with Crippen LogP contribution >= 0.6 is 0 Å². The zero-order valence-electron chi connectivity index (χ0n) is 14.8. The van der Waals surface area contributed by atoms with Gasteiger partial charge >= 0.3 is 5.97 Å². The average molecular weight is 383 g/mol. The van der Waals surface area contributed by atoms with Crippen LogP contribution in [0.2, 0.25) is 0 Å². The quantitative estimate of drug-likeness (QED) is 0.647. The van der Waals surface area contributed by atoms with Crippen molar-refractivity contribution in [3.63, 3.8) is 0 Å². The molecule has 1 saturated heterocycles. The van der Waals surface area contributed by atoms with Crippen molar-refractivity contribution in [1.82, 2.24) is 14.6 Å². The SMILES string of the molecule is COC(=O)c1ccc(F)cc1[C@H]1C[C@H](F)CN1c1ccn2ncc(C#N)c2n1. The molecule has 0 N–H and O–H groups in total. The molecular weight excluding hydrogens is 368 g/mol. The fourth-order valence-electron chi connectivity index (χ4n) is 3.54. The maximum Gasteiger partial charge on any atom is 0.338 e. The highest BCUT2D eigenvalue weighted by molar-refractivity contribution is 5.91. The van der Waals surface area contributed by atoms with Gasteiger partial charge in [-0.25, -0.2) is 23.1 Å². The summed E-state index contributed by atoms with van der Waals surface area (Å²) >= 11 is 0. The number of hydrogen-bond acceptors (Lipinski definition) is 6.